The topological polar surface area (TPSA) is 63.9 Å². The van der Waals surface area contributed by atoms with Gasteiger partial charge in [0.25, 0.3) is 0 Å². The molecule has 3 aromatic rings. The van der Waals surface area contributed by atoms with E-state index in [1.54, 1.807) is 0 Å². The highest BCUT2D eigenvalue weighted by molar-refractivity contribution is 7.99. The van der Waals surface area contributed by atoms with E-state index in [-0.39, 0.29) is 5.91 Å². The molecule has 1 saturated carbocycles. The van der Waals surface area contributed by atoms with E-state index in [0.717, 1.165) is 30.0 Å². The average Bonchev–Trinajstić information content (AvgIpc) is 3.48. The number of tetrazole rings is 1. The van der Waals surface area contributed by atoms with Crippen molar-refractivity contribution >= 4 is 17.7 Å². The standard InChI is InChI=1S/C21H23N5OS/c27-20(16-28-21-22-23-24-26(21)19-11-12-19)25(15-18-9-5-2-6-10-18)14-13-17-7-3-1-4-8-17/h1-10,19H,11-16H2. The van der Waals surface area contributed by atoms with E-state index in [1.165, 1.54) is 17.3 Å². The number of benzene rings is 2. The molecule has 0 saturated heterocycles. The maximum Gasteiger partial charge on any atom is 0.233 e. The first kappa shape index (κ1) is 18.7. The highest BCUT2D eigenvalue weighted by Gasteiger charge is 2.28. The van der Waals surface area contributed by atoms with Crippen LogP contribution in [-0.2, 0) is 17.8 Å². The zero-order valence-electron chi connectivity index (χ0n) is 15.6. The fourth-order valence-corrected chi connectivity index (χ4v) is 3.90. The minimum atomic E-state index is 0.107. The number of aromatic nitrogens is 4. The lowest BCUT2D eigenvalue weighted by molar-refractivity contribution is -0.128. The van der Waals surface area contributed by atoms with E-state index >= 15 is 0 Å². The molecule has 0 radical (unpaired) electrons. The monoisotopic (exact) mass is 393 g/mol. The number of hydrogen-bond donors (Lipinski definition) is 0. The second kappa shape index (κ2) is 9.01. The fourth-order valence-electron chi connectivity index (χ4n) is 3.05. The largest absolute Gasteiger partial charge is 0.337 e. The van der Waals surface area contributed by atoms with Crippen LogP contribution in [-0.4, -0.2) is 43.3 Å². The summed E-state index contributed by atoms with van der Waals surface area (Å²) in [4.78, 5) is 14.9. The van der Waals surface area contributed by atoms with Gasteiger partial charge in [0.05, 0.1) is 11.8 Å². The quantitative estimate of drug-likeness (QED) is 0.522. The fraction of sp³-hybridized carbons (Fsp3) is 0.333. The summed E-state index contributed by atoms with van der Waals surface area (Å²) in [5.41, 5.74) is 2.37. The lowest BCUT2D eigenvalue weighted by Gasteiger charge is -2.23. The number of rotatable bonds is 9. The molecule has 1 aromatic heterocycles. The predicted octanol–water partition coefficient (Wildman–Crippen LogP) is 3.37. The van der Waals surface area contributed by atoms with Crippen LogP contribution in [0.5, 0.6) is 0 Å². The van der Waals surface area contributed by atoms with Crippen molar-refractivity contribution in [3.63, 3.8) is 0 Å². The molecule has 7 heteroatoms. The van der Waals surface area contributed by atoms with E-state index in [1.807, 2.05) is 46.0 Å². The second-order valence-corrected chi connectivity index (χ2v) is 7.90. The van der Waals surface area contributed by atoms with Crippen molar-refractivity contribution in [2.75, 3.05) is 12.3 Å². The van der Waals surface area contributed by atoms with Gasteiger partial charge in [0, 0.05) is 13.1 Å². The van der Waals surface area contributed by atoms with Gasteiger partial charge in [-0.25, -0.2) is 4.68 Å². The van der Waals surface area contributed by atoms with E-state index < -0.39 is 0 Å². The molecule has 2 aromatic carbocycles. The van der Waals surface area contributed by atoms with Crippen LogP contribution in [0.15, 0.2) is 65.8 Å². The number of thioether (sulfide) groups is 1. The third-order valence-corrected chi connectivity index (χ3v) is 5.68. The highest BCUT2D eigenvalue weighted by atomic mass is 32.2. The molecule has 0 spiro atoms. The maximum absolute atomic E-state index is 13.0. The number of amides is 1. The van der Waals surface area contributed by atoms with Crippen LogP contribution in [0.3, 0.4) is 0 Å². The third-order valence-electron chi connectivity index (χ3n) is 4.76. The van der Waals surface area contributed by atoms with Crippen molar-refractivity contribution in [3.05, 3.63) is 71.8 Å². The SMILES string of the molecule is O=C(CSc1nnnn1C1CC1)N(CCc1ccccc1)Cc1ccccc1. The number of hydrogen-bond acceptors (Lipinski definition) is 5. The Labute approximate surface area is 168 Å². The van der Waals surface area contributed by atoms with Crippen molar-refractivity contribution in [2.24, 2.45) is 0 Å². The Bertz CT molecular complexity index is 895. The van der Waals surface area contributed by atoms with Gasteiger partial charge in [0.2, 0.25) is 11.1 Å². The van der Waals surface area contributed by atoms with Crippen LogP contribution in [0.1, 0.15) is 30.0 Å². The van der Waals surface area contributed by atoms with Crippen molar-refractivity contribution in [3.8, 4) is 0 Å². The molecular formula is C21H23N5OS. The summed E-state index contributed by atoms with van der Waals surface area (Å²) in [7, 11) is 0. The zero-order valence-corrected chi connectivity index (χ0v) is 16.5. The summed E-state index contributed by atoms with van der Waals surface area (Å²) in [6.07, 6.45) is 3.07. The summed E-state index contributed by atoms with van der Waals surface area (Å²) in [6, 6.07) is 20.8. The number of nitrogens with zero attached hydrogens (tertiary/aromatic N) is 5. The molecule has 0 bridgehead atoms. The van der Waals surface area contributed by atoms with Gasteiger partial charge in [-0.05, 0) is 40.8 Å². The maximum atomic E-state index is 13.0. The van der Waals surface area contributed by atoms with Crippen LogP contribution in [0.2, 0.25) is 0 Å². The Balaban J connectivity index is 1.40. The number of carbonyl (C=O) groups is 1. The molecule has 0 atom stereocenters. The van der Waals surface area contributed by atoms with Crippen LogP contribution in [0, 0.1) is 0 Å². The summed E-state index contributed by atoms with van der Waals surface area (Å²) in [5.74, 6) is 0.449. The van der Waals surface area contributed by atoms with E-state index in [9.17, 15) is 4.79 Å². The van der Waals surface area contributed by atoms with Gasteiger partial charge in [-0.3, -0.25) is 4.79 Å². The van der Waals surface area contributed by atoms with Crippen molar-refractivity contribution in [1.82, 2.24) is 25.1 Å². The van der Waals surface area contributed by atoms with Crippen LogP contribution >= 0.6 is 11.8 Å². The van der Waals surface area contributed by atoms with Crippen LogP contribution < -0.4 is 0 Å². The van der Waals surface area contributed by atoms with E-state index in [4.69, 9.17) is 0 Å². The lowest BCUT2D eigenvalue weighted by atomic mass is 10.1. The van der Waals surface area contributed by atoms with Gasteiger partial charge in [0.15, 0.2) is 0 Å². The molecule has 1 aliphatic carbocycles. The van der Waals surface area contributed by atoms with Crippen molar-refractivity contribution < 1.29 is 4.79 Å². The van der Waals surface area contributed by atoms with Gasteiger partial charge in [-0.2, -0.15) is 0 Å². The molecular weight excluding hydrogens is 370 g/mol. The predicted molar refractivity (Wildman–Crippen MR) is 109 cm³/mol. The van der Waals surface area contributed by atoms with Gasteiger partial charge in [0.1, 0.15) is 0 Å². The zero-order chi connectivity index (χ0) is 19.2. The normalized spacial score (nSPS) is 13.4. The van der Waals surface area contributed by atoms with Gasteiger partial charge < -0.3 is 4.90 Å². The molecule has 1 aliphatic rings. The Hall–Kier alpha value is -2.67. The molecule has 144 valence electrons. The average molecular weight is 394 g/mol. The first-order valence-electron chi connectivity index (χ1n) is 9.56. The van der Waals surface area contributed by atoms with Gasteiger partial charge >= 0.3 is 0 Å². The Morgan fingerprint density at radius 2 is 1.71 bits per heavy atom. The second-order valence-electron chi connectivity index (χ2n) is 6.96. The minimum Gasteiger partial charge on any atom is -0.337 e. The first-order valence-corrected chi connectivity index (χ1v) is 10.5. The summed E-state index contributed by atoms with van der Waals surface area (Å²) in [5, 5.41) is 12.6. The summed E-state index contributed by atoms with van der Waals surface area (Å²) >= 11 is 1.43. The molecule has 1 amide bonds. The summed E-state index contributed by atoms with van der Waals surface area (Å²) in [6.45, 7) is 1.30. The van der Waals surface area contributed by atoms with E-state index in [0.29, 0.717) is 24.9 Å². The molecule has 28 heavy (non-hydrogen) atoms. The van der Waals surface area contributed by atoms with E-state index in [2.05, 4.69) is 39.8 Å². The smallest absolute Gasteiger partial charge is 0.233 e. The lowest BCUT2D eigenvalue weighted by Crippen LogP contribution is -2.34. The highest BCUT2D eigenvalue weighted by Crippen LogP contribution is 2.36. The van der Waals surface area contributed by atoms with Crippen molar-refractivity contribution in [2.45, 2.75) is 37.0 Å². The molecule has 0 N–H and O–H groups in total. The van der Waals surface area contributed by atoms with Crippen LogP contribution in [0.4, 0.5) is 0 Å². The minimum absolute atomic E-state index is 0.107. The Morgan fingerprint density at radius 3 is 2.39 bits per heavy atom. The van der Waals surface area contributed by atoms with Gasteiger partial charge in [-0.1, -0.05) is 72.4 Å². The summed E-state index contributed by atoms with van der Waals surface area (Å²) < 4.78 is 1.85. The first-order chi connectivity index (χ1) is 13.8. The Morgan fingerprint density at radius 1 is 1.04 bits per heavy atom. The van der Waals surface area contributed by atoms with Gasteiger partial charge in [-0.15, -0.1) is 5.10 Å². The molecule has 6 nitrogen and oxygen atoms in total. The molecule has 0 unspecified atom stereocenters. The molecule has 0 aliphatic heterocycles. The molecule has 1 fully saturated rings. The van der Waals surface area contributed by atoms with Crippen LogP contribution in [0.25, 0.3) is 0 Å². The number of carbonyl (C=O) groups excluding carboxylic acids is 1. The molecule has 4 rings (SSSR count). The third kappa shape index (κ3) is 4.98. The molecule has 1 heterocycles. The Kier molecular flexibility index (Phi) is 6.01. The van der Waals surface area contributed by atoms with Crippen molar-refractivity contribution in [1.29, 1.82) is 0 Å².